The minimum atomic E-state index is 0.442. The van der Waals surface area contributed by atoms with Crippen molar-refractivity contribution in [3.05, 3.63) is 39.5 Å². The summed E-state index contributed by atoms with van der Waals surface area (Å²) in [7, 11) is 0. The highest BCUT2D eigenvalue weighted by Gasteiger charge is 2.25. The van der Waals surface area contributed by atoms with Crippen molar-refractivity contribution in [1.29, 1.82) is 0 Å². The lowest BCUT2D eigenvalue weighted by molar-refractivity contribution is 0.719. The molecule has 0 radical (unpaired) electrons. The summed E-state index contributed by atoms with van der Waals surface area (Å²) in [5.41, 5.74) is 1.97. The van der Waals surface area contributed by atoms with E-state index in [2.05, 4.69) is 54.2 Å². The first kappa shape index (κ1) is 15.5. The normalized spacial score (nSPS) is 20.9. The monoisotopic (exact) mass is 409 g/mol. The van der Waals surface area contributed by atoms with Crippen LogP contribution in [-0.4, -0.2) is 27.0 Å². The molecule has 1 saturated carbocycles. The second-order valence-corrected chi connectivity index (χ2v) is 7.03. The second kappa shape index (κ2) is 6.76. The van der Waals surface area contributed by atoms with Gasteiger partial charge in [0.1, 0.15) is 11.6 Å². The van der Waals surface area contributed by atoms with Crippen molar-refractivity contribution >= 4 is 34.2 Å². The Hall–Kier alpha value is -1.44. The van der Waals surface area contributed by atoms with Crippen molar-refractivity contribution in [2.45, 2.75) is 45.2 Å². The average Bonchev–Trinajstić information content (AvgIpc) is 2.93. The number of nitrogens with one attached hydrogen (secondary N) is 2. The molecule has 22 heavy (non-hydrogen) atoms. The standard InChI is InChI=1S/C16H20IN5/c1-10-11(2)20-16(9-18-10)22-14-5-4-13(7-14)21-15-6-3-12(17)8-19-15/h3,6,8-9,13-14H,4-5,7H2,1-2H3,(H,19,21)(H,20,22). The summed E-state index contributed by atoms with van der Waals surface area (Å²) in [6, 6.07) is 5.02. The van der Waals surface area contributed by atoms with E-state index in [0.29, 0.717) is 12.1 Å². The summed E-state index contributed by atoms with van der Waals surface area (Å²) in [6.07, 6.45) is 7.06. The van der Waals surface area contributed by atoms with Gasteiger partial charge < -0.3 is 10.6 Å². The Morgan fingerprint density at radius 1 is 0.955 bits per heavy atom. The van der Waals surface area contributed by atoms with Gasteiger partial charge in [-0.3, -0.25) is 4.98 Å². The number of hydrogen-bond acceptors (Lipinski definition) is 5. The van der Waals surface area contributed by atoms with Crippen LogP contribution in [0.2, 0.25) is 0 Å². The molecule has 2 aromatic heterocycles. The molecule has 0 aliphatic heterocycles. The average molecular weight is 409 g/mol. The first-order valence-electron chi connectivity index (χ1n) is 7.55. The third-order valence-electron chi connectivity index (χ3n) is 4.06. The molecular formula is C16H20IN5. The van der Waals surface area contributed by atoms with Crippen LogP contribution in [0.1, 0.15) is 30.7 Å². The summed E-state index contributed by atoms with van der Waals surface area (Å²) in [5, 5.41) is 7.01. The van der Waals surface area contributed by atoms with E-state index in [1.54, 1.807) is 0 Å². The first-order valence-corrected chi connectivity index (χ1v) is 8.63. The van der Waals surface area contributed by atoms with Crippen LogP contribution in [0.4, 0.5) is 11.6 Å². The van der Waals surface area contributed by atoms with Gasteiger partial charge in [-0.1, -0.05) is 0 Å². The van der Waals surface area contributed by atoms with Crippen LogP contribution in [-0.2, 0) is 0 Å². The van der Waals surface area contributed by atoms with Crippen molar-refractivity contribution in [1.82, 2.24) is 15.0 Å². The fourth-order valence-corrected chi connectivity index (χ4v) is 3.05. The molecule has 0 aromatic carbocycles. The third-order valence-corrected chi connectivity index (χ3v) is 4.69. The van der Waals surface area contributed by atoms with Gasteiger partial charge in [0.05, 0.1) is 17.6 Å². The van der Waals surface area contributed by atoms with E-state index in [1.807, 2.05) is 32.3 Å². The number of aryl methyl sites for hydroxylation is 2. The maximum absolute atomic E-state index is 4.55. The lowest BCUT2D eigenvalue weighted by Crippen LogP contribution is -2.21. The van der Waals surface area contributed by atoms with Crippen molar-refractivity contribution in [3.63, 3.8) is 0 Å². The fourth-order valence-electron chi connectivity index (χ4n) is 2.73. The SMILES string of the molecule is Cc1ncc(NC2CCC(Nc3ccc(I)cn3)C2)nc1C. The van der Waals surface area contributed by atoms with Crippen molar-refractivity contribution in [2.75, 3.05) is 10.6 Å². The van der Waals surface area contributed by atoms with E-state index >= 15 is 0 Å². The number of nitrogens with zero attached hydrogens (tertiary/aromatic N) is 3. The summed E-state index contributed by atoms with van der Waals surface area (Å²) in [6.45, 7) is 3.98. The van der Waals surface area contributed by atoms with Crippen LogP contribution < -0.4 is 10.6 Å². The number of anilines is 2. The molecular weight excluding hydrogens is 389 g/mol. The second-order valence-electron chi connectivity index (χ2n) is 5.78. The lowest BCUT2D eigenvalue weighted by Gasteiger charge is -2.16. The summed E-state index contributed by atoms with van der Waals surface area (Å²) < 4.78 is 1.16. The minimum Gasteiger partial charge on any atom is -0.367 e. The Labute approximate surface area is 144 Å². The number of aromatic nitrogens is 3. The maximum Gasteiger partial charge on any atom is 0.145 e. The largest absolute Gasteiger partial charge is 0.367 e. The molecule has 1 fully saturated rings. The first-order chi connectivity index (χ1) is 10.6. The third kappa shape index (κ3) is 3.85. The molecule has 2 N–H and O–H groups in total. The zero-order valence-corrected chi connectivity index (χ0v) is 15.0. The van der Waals surface area contributed by atoms with Crippen molar-refractivity contribution < 1.29 is 0 Å². The molecule has 2 unspecified atom stereocenters. The maximum atomic E-state index is 4.55. The van der Waals surface area contributed by atoms with Crippen molar-refractivity contribution in [3.8, 4) is 0 Å². The van der Waals surface area contributed by atoms with Gasteiger partial charge in [-0.15, -0.1) is 0 Å². The van der Waals surface area contributed by atoms with Gasteiger partial charge in [-0.2, -0.15) is 0 Å². The van der Waals surface area contributed by atoms with E-state index in [9.17, 15) is 0 Å². The topological polar surface area (TPSA) is 62.7 Å². The van der Waals surface area contributed by atoms with Gasteiger partial charge in [-0.05, 0) is 67.8 Å². The quantitative estimate of drug-likeness (QED) is 0.757. The van der Waals surface area contributed by atoms with Crippen LogP contribution in [0.5, 0.6) is 0 Å². The molecule has 2 heterocycles. The Morgan fingerprint density at radius 3 is 2.32 bits per heavy atom. The smallest absolute Gasteiger partial charge is 0.145 e. The number of pyridine rings is 1. The molecule has 2 aromatic rings. The molecule has 2 atom stereocenters. The van der Waals surface area contributed by atoms with E-state index in [0.717, 1.165) is 45.9 Å². The fraction of sp³-hybridized carbons (Fsp3) is 0.438. The molecule has 0 amide bonds. The molecule has 0 bridgehead atoms. The molecule has 0 spiro atoms. The number of hydrogen-bond donors (Lipinski definition) is 2. The number of halogens is 1. The van der Waals surface area contributed by atoms with Gasteiger partial charge in [0.15, 0.2) is 0 Å². The Kier molecular flexibility index (Phi) is 4.75. The van der Waals surface area contributed by atoms with E-state index < -0.39 is 0 Å². The lowest BCUT2D eigenvalue weighted by atomic mass is 10.2. The van der Waals surface area contributed by atoms with Gasteiger partial charge >= 0.3 is 0 Å². The highest BCUT2D eigenvalue weighted by molar-refractivity contribution is 14.1. The van der Waals surface area contributed by atoms with Gasteiger partial charge in [0.2, 0.25) is 0 Å². The molecule has 116 valence electrons. The molecule has 0 saturated heterocycles. The van der Waals surface area contributed by atoms with Crippen LogP contribution in [0.15, 0.2) is 24.5 Å². The van der Waals surface area contributed by atoms with Crippen LogP contribution >= 0.6 is 22.6 Å². The minimum absolute atomic E-state index is 0.442. The van der Waals surface area contributed by atoms with Crippen LogP contribution in [0.25, 0.3) is 0 Å². The van der Waals surface area contributed by atoms with Crippen LogP contribution in [0, 0.1) is 17.4 Å². The van der Waals surface area contributed by atoms with E-state index in [-0.39, 0.29) is 0 Å². The number of rotatable bonds is 4. The van der Waals surface area contributed by atoms with Crippen molar-refractivity contribution in [2.24, 2.45) is 0 Å². The van der Waals surface area contributed by atoms with E-state index in [1.165, 1.54) is 0 Å². The van der Waals surface area contributed by atoms with Gasteiger partial charge in [0.25, 0.3) is 0 Å². The molecule has 1 aliphatic carbocycles. The summed E-state index contributed by atoms with van der Waals surface area (Å²) in [4.78, 5) is 13.3. The predicted octanol–water partition coefficient (Wildman–Crippen LogP) is 3.54. The predicted molar refractivity (Wildman–Crippen MR) is 97.1 cm³/mol. The van der Waals surface area contributed by atoms with Gasteiger partial charge in [-0.25, -0.2) is 9.97 Å². The molecule has 1 aliphatic rings. The molecule has 3 rings (SSSR count). The Balaban J connectivity index is 1.55. The zero-order chi connectivity index (χ0) is 15.5. The highest BCUT2D eigenvalue weighted by Crippen LogP contribution is 2.25. The van der Waals surface area contributed by atoms with Crippen LogP contribution in [0.3, 0.4) is 0 Å². The molecule has 6 heteroatoms. The van der Waals surface area contributed by atoms with Gasteiger partial charge in [0, 0.05) is 21.9 Å². The summed E-state index contributed by atoms with van der Waals surface area (Å²) >= 11 is 2.27. The Morgan fingerprint density at radius 2 is 1.68 bits per heavy atom. The molecule has 5 nitrogen and oxygen atoms in total. The highest BCUT2D eigenvalue weighted by atomic mass is 127. The van der Waals surface area contributed by atoms with E-state index in [4.69, 9.17) is 0 Å². The Bertz CT molecular complexity index is 643. The summed E-state index contributed by atoms with van der Waals surface area (Å²) in [5.74, 6) is 1.83. The zero-order valence-electron chi connectivity index (χ0n) is 12.8.